The summed E-state index contributed by atoms with van der Waals surface area (Å²) in [5, 5.41) is 0. The molecule has 1 spiro atoms. The number of hydrogen-bond acceptors (Lipinski definition) is 4. The SMILES string of the molecule is O=C(c1cnccn1)N1CCCC2(CCN(CC3CC3)C2)C1. The summed E-state index contributed by atoms with van der Waals surface area (Å²) in [4.78, 5) is 25.5. The lowest BCUT2D eigenvalue weighted by Crippen LogP contribution is -2.47. The van der Waals surface area contributed by atoms with Crippen molar-refractivity contribution in [3.05, 3.63) is 24.3 Å². The van der Waals surface area contributed by atoms with E-state index in [1.54, 1.807) is 18.6 Å². The molecule has 1 unspecified atom stereocenters. The van der Waals surface area contributed by atoms with Crippen molar-refractivity contribution in [2.24, 2.45) is 11.3 Å². The Hall–Kier alpha value is -1.49. The third-order valence-corrected chi connectivity index (χ3v) is 5.46. The van der Waals surface area contributed by atoms with Crippen LogP contribution in [-0.4, -0.2) is 58.4 Å². The van der Waals surface area contributed by atoms with E-state index >= 15 is 0 Å². The number of amides is 1. The molecule has 0 aromatic carbocycles. The van der Waals surface area contributed by atoms with Crippen LogP contribution < -0.4 is 0 Å². The van der Waals surface area contributed by atoms with Gasteiger partial charge in [-0.3, -0.25) is 9.78 Å². The first-order chi connectivity index (χ1) is 10.7. The third kappa shape index (κ3) is 2.86. The van der Waals surface area contributed by atoms with Crippen LogP contribution in [0, 0.1) is 11.3 Å². The molecule has 1 atom stereocenters. The molecule has 0 bridgehead atoms. The van der Waals surface area contributed by atoms with Crippen molar-refractivity contribution in [2.45, 2.75) is 32.1 Å². The first-order valence-electron chi connectivity index (χ1n) is 8.52. The smallest absolute Gasteiger partial charge is 0.274 e. The maximum absolute atomic E-state index is 12.6. The number of nitrogens with zero attached hydrogens (tertiary/aromatic N) is 4. The van der Waals surface area contributed by atoms with Gasteiger partial charge in [0.1, 0.15) is 5.69 Å². The molecule has 4 rings (SSSR count). The van der Waals surface area contributed by atoms with Crippen LogP contribution in [0.3, 0.4) is 0 Å². The van der Waals surface area contributed by atoms with E-state index in [1.165, 1.54) is 45.3 Å². The summed E-state index contributed by atoms with van der Waals surface area (Å²) in [7, 11) is 0. The van der Waals surface area contributed by atoms with Crippen molar-refractivity contribution < 1.29 is 4.79 Å². The Morgan fingerprint density at radius 2 is 2.14 bits per heavy atom. The van der Waals surface area contributed by atoms with Crippen LogP contribution in [0.1, 0.15) is 42.6 Å². The van der Waals surface area contributed by atoms with E-state index < -0.39 is 0 Å². The summed E-state index contributed by atoms with van der Waals surface area (Å²) in [5.74, 6) is 1.00. The molecule has 0 N–H and O–H groups in total. The maximum atomic E-state index is 12.6. The zero-order valence-corrected chi connectivity index (χ0v) is 13.1. The van der Waals surface area contributed by atoms with E-state index in [-0.39, 0.29) is 5.91 Å². The number of carbonyl (C=O) groups excluding carboxylic acids is 1. The topological polar surface area (TPSA) is 49.3 Å². The largest absolute Gasteiger partial charge is 0.337 e. The van der Waals surface area contributed by atoms with Gasteiger partial charge in [-0.1, -0.05) is 0 Å². The van der Waals surface area contributed by atoms with Crippen molar-refractivity contribution in [3.63, 3.8) is 0 Å². The molecule has 3 fully saturated rings. The number of rotatable bonds is 3. The van der Waals surface area contributed by atoms with Crippen LogP contribution in [-0.2, 0) is 0 Å². The van der Waals surface area contributed by atoms with Crippen LogP contribution in [0.15, 0.2) is 18.6 Å². The van der Waals surface area contributed by atoms with Crippen LogP contribution >= 0.6 is 0 Å². The van der Waals surface area contributed by atoms with E-state index in [0.717, 1.165) is 25.4 Å². The second-order valence-electron chi connectivity index (χ2n) is 7.35. The molecule has 1 aromatic heterocycles. The van der Waals surface area contributed by atoms with E-state index in [9.17, 15) is 4.79 Å². The van der Waals surface area contributed by atoms with Gasteiger partial charge in [0.2, 0.25) is 0 Å². The number of likely N-dealkylation sites (tertiary alicyclic amines) is 2. The summed E-state index contributed by atoms with van der Waals surface area (Å²) in [6.45, 7) is 5.42. The molecule has 1 saturated carbocycles. The van der Waals surface area contributed by atoms with Gasteiger partial charge in [0.15, 0.2) is 0 Å². The zero-order valence-electron chi connectivity index (χ0n) is 13.1. The van der Waals surface area contributed by atoms with Gasteiger partial charge in [-0.15, -0.1) is 0 Å². The van der Waals surface area contributed by atoms with Crippen molar-refractivity contribution in [2.75, 3.05) is 32.7 Å². The summed E-state index contributed by atoms with van der Waals surface area (Å²) >= 11 is 0. The van der Waals surface area contributed by atoms with E-state index in [0.29, 0.717) is 11.1 Å². The second kappa shape index (κ2) is 5.61. The Kier molecular flexibility index (Phi) is 3.60. The highest BCUT2D eigenvalue weighted by Gasteiger charge is 2.43. The third-order valence-electron chi connectivity index (χ3n) is 5.46. The average Bonchev–Trinajstić information content (AvgIpc) is 3.29. The predicted octanol–water partition coefficient (Wildman–Crippen LogP) is 1.81. The summed E-state index contributed by atoms with van der Waals surface area (Å²) in [5.41, 5.74) is 0.803. The van der Waals surface area contributed by atoms with E-state index in [4.69, 9.17) is 0 Å². The van der Waals surface area contributed by atoms with Gasteiger partial charge in [0, 0.05) is 44.0 Å². The summed E-state index contributed by atoms with van der Waals surface area (Å²) < 4.78 is 0. The predicted molar refractivity (Wildman–Crippen MR) is 83.4 cm³/mol. The van der Waals surface area contributed by atoms with Gasteiger partial charge in [-0.2, -0.15) is 0 Å². The minimum atomic E-state index is 0.0489. The molecular formula is C17H24N4O. The molecular weight excluding hydrogens is 276 g/mol. The molecule has 1 amide bonds. The number of aromatic nitrogens is 2. The summed E-state index contributed by atoms with van der Waals surface area (Å²) in [6, 6.07) is 0. The molecule has 22 heavy (non-hydrogen) atoms. The Balaban J connectivity index is 1.42. The van der Waals surface area contributed by atoms with Gasteiger partial charge >= 0.3 is 0 Å². The van der Waals surface area contributed by atoms with Crippen LogP contribution in [0.25, 0.3) is 0 Å². The van der Waals surface area contributed by atoms with Crippen molar-refractivity contribution >= 4 is 5.91 Å². The van der Waals surface area contributed by atoms with Gasteiger partial charge in [-0.05, 0) is 44.6 Å². The van der Waals surface area contributed by atoms with Crippen molar-refractivity contribution in [1.82, 2.24) is 19.8 Å². The minimum Gasteiger partial charge on any atom is -0.337 e. The molecule has 0 radical (unpaired) electrons. The van der Waals surface area contributed by atoms with Crippen molar-refractivity contribution in [3.8, 4) is 0 Å². The van der Waals surface area contributed by atoms with Gasteiger partial charge in [0.25, 0.3) is 5.91 Å². The monoisotopic (exact) mass is 300 g/mol. The standard InChI is InChI=1S/C17H24N4O/c22-16(15-10-18-6-7-19-15)21-8-1-4-17(13-21)5-9-20(12-17)11-14-2-3-14/h6-7,10,14H,1-5,8-9,11-13H2. The van der Waals surface area contributed by atoms with Crippen LogP contribution in [0.5, 0.6) is 0 Å². The Bertz CT molecular complexity index is 545. The molecule has 1 aliphatic carbocycles. The maximum Gasteiger partial charge on any atom is 0.274 e. The van der Waals surface area contributed by atoms with Gasteiger partial charge < -0.3 is 9.80 Å². The van der Waals surface area contributed by atoms with Gasteiger partial charge in [0.05, 0.1) is 6.20 Å². The van der Waals surface area contributed by atoms with Crippen molar-refractivity contribution in [1.29, 1.82) is 0 Å². The number of piperidine rings is 1. The molecule has 2 aliphatic heterocycles. The lowest BCUT2D eigenvalue weighted by Gasteiger charge is -2.40. The van der Waals surface area contributed by atoms with E-state index in [2.05, 4.69) is 14.9 Å². The van der Waals surface area contributed by atoms with Gasteiger partial charge in [-0.25, -0.2) is 4.98 Å². The lowest BCUT2D eigenvalue weighted by molar-refractivity contribution is 0.0521. The molecule has 5 nitrogen and oxygen atoms in total. The molecule has 3 aliphatic rings. The fourth-order valence-electron chi connectivity index (χ4n) is 4.14. The van der Waals surface area contributed by atoms with Crippen LogP contribution in [0.2, 0.25) is 0 Å². The number of hydrogen-bond donors (Lipinski definition) is 0. The minimum absolute atomic E-state index is 0.0489. The highest BCUT2D eigenvalue weighted by Crippen LogP contribution is 2.41. The quantitative estimate of drug-likeness (QED) is 0.854. The zero-order chi connectivity index (χ0) is 15.0. The normalized spacial score (nSPS) is 29.2. The first-order valence-corrected chi connectivity index (χ1v) is 8.52. The second-order valence-corrected chi connectivity index (χ2v) is 7.35. The summed E-state index contributed by atoms with van der Waals surface area (Å²) in [6.07, 6.45) is 11.2. The Morgan fingerprint density at radius 1 is 1.23 bits per heavy atom. The molecule has 5 heteroatoms. The fourth-order valence-corrected chi connectivity index (χ4v) is 4.14. The fraction of sp³-hybridized carbons (Fsp3) is 0.706. The average molecular weight is 300 g/mol. The van der Waals surface area contributed by atoms with E-state index in [1.807, 2.05) is 4.90 Å². The highest BCUT2D eigenvalue weighted by molar-refractivity contribution is 5.92. The Labute approximate surface area is 131 Å². The van der Waals surface area contributed by atoms with Crippen LogP contribution in [0.4, 0.5) is 0 Å². The molecule has 3 heterocycles. The molecule has 1 aromatic rings. The lowest BCUT2D eigenvalue weighted by atomic mass is 9.79. The molecule has 118 valence electrons. The first kappa shape index (κ1) is 14.1. The number of carbonyl (C=O) groups is 1. The Morgan fingerprint density at radius 3 is 2.91 bits per heavy atom. The molecule has 2 saturated heterocycles. The highest BCUT2D eigenvalue weighted by atomic mass is 16.2.